The van der Waals surface area contributed by atoms with Crippen molar-refractivity contribution in [2.24, 2.45) is 0 Å². The topological polar surface area (TPSA) is 122 Å². The van der Waals surface area contributed by atoms with Crippen molar-refractivity contribution in [3.05, 3.63) is 53.6 Å². The predicted octanol–water partition coefficient (Wildman–Crippen LogP) is 2.81. The molecule has 0 saturated carbocycles. The van der Waals surface area contributed by atoms with E-state index < -0.39 is 22.0 Å². The van der Waals surface area contributed by atoms with Gasteiger partial charge in [0.25, 0.3) is 0 Å². The zero-order chi connectivity index (χ0) is 19.6. The number of nitrogens with zero attached hydrogens (tertiary/aromatic N) is 2. The van der Waals surface area contributed by atoms with Gasteiger partial charge >= 0.3 is 5.97 Å². The molecule has 1 aromatic heterocycles. The van der Waals surface area contributed by atoms with Crippen LogP contribution in [0.4, 0.5) is 0 Å². The summed E-state index contributed by atoms with van der Waals surface area (Å²) in [5.41, 5.74) is 0.922. The Hall–Kier alpha value is -2.75. The molecule has 0 aliphatic rings. The molecule has 2 aromatic carbocycles. The standard InChI is InChI=1S/C17H14ClN3O5S/c1-10(17(22)23)21-27(24,25)12-7-8-14(18)13(9-12)16-20-19-15(26-16)11-5-3-2-4-6-11/h2-10,21H,1H3,(H,22,23)/t10-/m0/s1. The third-order valence-electron chi connectivity index (χ3n) is 3.63. The zero-order valence-corrected chi connectivity index (χ0v) is 15.5. The number of hydrogen-bond acceptors (Lipinski definition) is 6. The van der Waals surface area contributed by atoms with Gasteiger partial charge in [-0.2, -0.15) is 4.72 Å². The lowest BCUT2D eigenvalue weighted by molar-refractivity contribution is -0.138. The number of carbonyl (C=O) groups is 1. The molecule has 1 heterocycles. The van der Waals surface area contributed by atoms with Gasteiger partial charge < -0.3 is 9.52 Å². The Morgan fingerprint density at radius 1 is 1.15 bits per heavy atom. The van der Waals surface area contributed by atoms with Crippen molar-refractivity contribution in [3.63, 3.8) is 0 Å². The Labute approximate surface area is 159 Å². The van der Waals surface area contributed by atoms with Crippen molar-refractivity contribution in [2.45, 2.75) is 17.9 Å². The van der Waals surface area contributed by atoms with E-state index in [9.17, 15) is 13.2 Å². The molecule has 0 amide bonds. The molecule has 3 rings (SSSR count). The zero-order valence-electron chi connectivity index (χ0n) is 14.0. The largest absolute Gasteiger partial charge is 0.480 e. The minimum atomic E-state index is -4.08. The van der Waals surface area contributed by atoms with Crippen LogP contribution in [-0.4, -0.2) is 35.7 Å². The summed E-state index contributed by atoms with van der Waals surface area (Å²) >= 11 is 6.16. The van der Waals surface area contributed by atoms with Crippen molar-refractivity contribution >= 4 is 27.6 Å². The average molecular weight is 408 g/mol. The smallest absolute Gasteiger partial charge is 0.321 e. The van der Waals surface area contributed by atoms with Crippen molar-refractivity contribution in [2.75, 3.05) is 0 Å². The number of nitrogens with one attached hydrogen (secondary N) is 1. The van der Waals surface area contributed by atoms with E-state index in [0.717, 1.165) is 0 Å². The maximum atomic E-state index is 12.4. The fraction of sp³-hybridized carbons (Fsp3) is 0.118. The summed E-state index contributed by atoms with van der Waals surface area (Å²) in [6.45, 7) is 1.22. The number of carboxylic acid groups (broad SMARTS) is 1. The second kappa shape index (κ2) is 7.47. The van der Waals surface area contributed by atoms with Crippen LogP contribution in [0.25, 0.3) is 22.9 Å². The summed E-state index contributed by atoms with van der Waals surface area (Å²) in [6.07, 6.45) is 0. The summed E-state index contributed by atoms with van der Waals surface area (Å²) in [4.78, 5) is 10.7. The summed E-state index contributed by atoms with van der Waals surface area (Å²) in [5.74, 6) is -0.994. The van der Waals surface area contributed by atoms with Gasteiger partial charge in [0, 0.05) is 5.56 Å². The minimum Gasteiger partial charge on any atom is -0.480 e. The van der Waals surface area contributed by atoms with Crippen LogP contribution in [0, 0.1) is 0 Å². The van der Waals surface area contributed by atoms with Crippen LogP contribution in [0.3, 0.4) is 0 Å². The van der Waals surface area contributed by atoms with E-state index in [4.69, 9.17) is 21.1 Å². The molecule has 0 spiro atoms. The lowest BCUT2D eigenvalue weighted by Gasteiger charge is -2.11. The van der Waals surface area contributed by atoms with Gasteiger partial charge in [-0.3, -0.25) is 4.79 Å². The van der Waals surface area contributed by atoms with Crippen LogP contribution in [-0.2, 0) is 14.8 Å². The molecule has 0 unspecified atom stereocenters. The van der Waals surface area contributed by atoms with Crippen LogP contribution < -0.4 is 4.72 Å². The first-order chi connectivity index (χ1) is 12.8. The van der Waals surface area contributed by atoms with Gasteiger partial charge in [0.2, 0.25) is 21.8 Å². The van der Waals surface area contributed by atoms with E-state index in [1.807, 2.05) is 18.2 Å². The summed E-state index contributed by atoms with van der Waals surface area (Å²) in [6, 6.07) is 11.6. The SMILES string of the molecule is C[C@H](NS(=O)(=O)c1ccc(Cl)c(-c2nnc(-c3ccccc3)o2)c1)C(=O)O. The first-order valence-corrected chi connectivity index (χ1v) is 9.58. The molecule has 10 heteroatoms. The number of hydrogen-bond donors (Lipinski definition) is 2. The average Bonchev–Trinajstić information content (AvgIpc) is 3.12. The molecule has 8 nitrogen and oxygen atoms in total. The summed E-state index contributed by atoms with van der Waals surface area (Å²) < 4.78 is 32.4. The third kappa shape index (κ3) is 4.16. The van der Waals surface area contributed by atoms with Crippen molar-refractivity contribution in [3.8, 4) is 22.9 Å². The maximum Gasteiger partial charge on any atom is 0.321 e. The summed E-state index contributed by atoms with van der Waals surface area (Å²) in [7, 11) is -4.08. The monoisotopic (exact) mass is 407 g/mol. The number of carboxylic acids is 1. The molecule has 27 heavy (non-hydrogen) atoms. The Balaban J connectivity index is 1.97. The Morgan fingerprint density at radius 2 is 1.81 bits per heavy atom. The number of benzene rings is 2. The van der Waals surface area contributed by atoms with Crippen LogP contribution in [0.1, 0.15) is 6.92 Å². The number of aliphatic carboxylic acids is 1. The number of sulfonamides is 1. The van der Waals surface area contributed by atoms with Crippen LogP contribution in [0.5, 0.6) is 0 Å². The van der Waals surface area contributed by atoms with Crippen LogP contribution >= 0.6 is 11.6 Å². The van der Waals surface area contributed by atoms with Crippen LogP contribution in [0.2, 0.25) is 5.02 Å². The molecule has 0 saturated heterocycles. The maximum absolute atomic E-state index is 12.4. The first-order valence-electron chi connectivity index (χ1n) is 7.72. The Bertz CT molecular complexity index is 1080. The van der Waals surface area contributed by atoms with Gasteiger partial charge in [-0.05, 0) is 37.3 Å². The second-order valence-corrected chi connectivity index (χ2v) is 7.72. The molecular formula is C17H14ClN3O5S. The molecule has 0 bridgehead atoms. The van der Waals surface area contributed by atoms with Crippen molar-refractivity contribution in [1.82, 2.24) is 14.9 Å². The fourth-order valence-electron chi connectivity index (χ4n) is 2.22. The quantitative estimate of drug-likeness (QED) is 0.644. The van der Waals surface area contributed by atoms with Gasteiger partial charge in [0.15, 0.2) is 0 Å². The van der Waals surface area contributed by atoms with Crippen molar-refractivity contribution in [1.29, 1.82) is 0 Å². The number of aromatic nitrogens is 2. The highest BCUT2D eigenvalue weighted by molar-refractivity contribution is 7.89. The molecule has 140 valence electrons. The van der Waals surface area contributed by atoms with E-state index in [1.54, 1.807) is 12.1 Å². The second-order valence-electron chi connectivity index (χ2n) is 5.60. The molecule has 0 radical (unpaired) electrons. The Kier molecular flexibility index (Phi) is 5.26. The molecule has 0 fully saturated rings. The number of rotatable bonds is 6. The van der Waals surface area contributed by atoms with E-state index in [1.165, 1.54) is 25.1 Å². The fourth-order valence-corrected chi connectivity index (χ4v) is 3.64. The molecule has 1 atom stereocenters. The van der Waals surface area contributed by atoms with Gasteiger partial charge in [-0.25, -0.2) is 8.42 Å². The third-order valence-corrected chi connectivity index (χ3v) is 5.49. The van der Waals surface area contributed by atoms with E-state index in [0.29, 0.717) is 5.56 Å². The highest BCUT2D eigenvalue weighted by Gasteiger charge is 2.23. The van der Waals surface area contributed by atoms with E-state index >= 15 is 0 Å². The van der Waals surface area contributed by atoms with Gasteiger partial charge in [0.05, 0.1) is 15.5 Å². The highest BCUT2D eigenvalue weighted by Crippen LogP contribution is 2.31. The Morgan fingerprint density at radius 3 is 2.48 bits per heavy atom. The van der Waals surface area contributed by atoms with Crippen molar-refractivity contribution < 1.29 is 22.7 Å². The van der Waals surface area contributed by atoms with E-state index in [2.05, 4.69) is 14.9 Å². The van der Waals surface area contributed by atoms with Gasteiger partial charge in [0.1, 0.15) is 6.04 Å². The lowest BCUT2D eigenvalue weighted by atomic mass is 10.2. The normalized spacial score (nSPS) is 12.7. The molecule has 0 aliphatic carbocycles. The van der Waals surface area contributed by atoms with Gasteiger partial charge in [-0.1, -0.05) is 29.8 Å². The molecule has 2 N–H and O–H groups in total. The van der Waals surface area contributed by atoms with Crippen LogP contribution in [0.15, 0.2) is 57.8 Å². The molecule has 3 aromatic rings. The minimum absolute atomic E-state index is 0.0437. The summed E-state index contributed by atoms with van der Waals surface area (Å²) in [5, 5.41) is 17.0. The lowest BCUT2D eigenvalue weighted by Crippen LogP contribution is -2.38. The predicted molar refractivity (Wildman–Crippen MR) is 97.6 cm³/mol. The van der Waals surface area contributed by atoms with E-state index in [-0.39, 0.29) is 27.3 Å². The molecular weight excluding hydrogens is 394 g/mol. The molecule has 0 aliphatic heterocycles. The van der Waals surface area contributed by atoms with Gasteiger partial charge in [-0.15, -0.1) is 10.2 Å². The number of halogens is 1. The first kappa shape index (κ1) is 19.0. The highest BCUT2D eigenvalue weighted by atomic mass is 35.5.